The van der Waals surface area contributed by atoms with Gasteiger partial charge in [0.2, 0.25) is 0 Å². The van der Waals surface area contributed by atoms with Crippen molar-refractivity contribution in [3.63, 3.8) is 0 Å². The number of amides is 1. The van der Waals surface area contributed by atoms with Crippen LogP contribution in [0.1, 0.15) is 15.2 Å². The third-order valence-corrected chi connectivity index (χ3v) is 6.31. The summed E-state index contributed by atoms with van der Waals surface area (Å²) in [5.74, 6) is 0.252. The van der Waals surface area contributed by atoms with Crippen LogP contribution in [0, 0.1) is 0 Å². The molecule has 0 unspecified atom stereocenters. The Morgan fingerprint density at radius 1 is 1.09 bits per heavy atom. The van der Waals surface area contributed by atoms with Crippen LogP contribution in [0.2, 0.25) is 0 Å². The summed E-state index contributed by atoms with van der Waals surface area (Å²) in [7, 11) is 1.47. The minimum atomic E-state index is -0.462. The van der Waals surface area contributed by atoms with Gasteiger partial charge in [0, 0.05) is 4.47 Å². The van der Waals surface area contributed by atoms with Crippen molar-refractivity contribution in [1.82, 2.24) is 5.43 Å². The van der Waals surface area contributed by atoms with Gasteiger partial charge in [-0.25, -0.2) is 10.2 Å². The topological polar surface area (TPSA) is 86.2 Å². The summed E-state index contributed by atoms with van der Waals surface area (Å²) in [6.07, 6.45) is 1.44. The molecular formula is C21H15Br3N2O5S. The van der Waals surface area contributed by atoms with Crippen LogP contribution < -0.4 is 19.6 Å². The molecule has 0 spiro atoms. The first kappa shape index (κ1) is 24.4. The second-order valence-corrected chi connectivity index (χ2v) is 9.63. The van der Waals surface area contributed by atoms with Crippen molar-refractivity contribution in [2.75, 3.05) is 13.7 Å². The van der Waals surface area contributed by atoms with Crippen LogP contribution in [0.25, 0.3) is 0 Å². The molecule has 0 saturated carbocycles. The number of thiophene rings is 1. The van der Waals surface area contributed by atoms with Crippen LogP contribution in [0.3, 0.4) is 0 Å². The van der Waals surface area contributed by atoms with Gasteiger partial charge in [0.15, 0.2) is 18.1 Å². The highest BCUT2D eigenvalue weighted by molar-refractivity contribution is 9.11. The number of nitrogens with zero attached hydrogens (tertiary/aromatic N) is 1. The summed E-state index contributed by atoms with van der Waals surface area (Å²) >= 11 is 11.4. The lowest BCUT2D eigenvalue weighted by atomic mass is 10.2. The highest BCUT2D eigenvalue weighted by Gasteiger charge is 2.14. The first-order chi connectivity index (χ1) is 15.4. The van der Waals surface area contributed by atoms with E-state index in [0.717, 1.165) is 4.47 Å². The summed E-state index contributed by atoms with van der Waals surface area (Å²) in [5, 5.41) is 5.72. The number of hydrazone groups is 1. The lowest BCUT2D eigenvalue weighted by molar-refractivity contribution is -0.123. The van der Waals surface area contributed by atoms with E-state index in [1.54, 1.807) is 35.7 Å². The Kier molecular flexibility index (Phi) is 8.85. The Hall–Kier alpha value is -2.21. The number of halogens is 3. The standard InChI is InChI=1S/C21H15Br3N2O5S/c1-29-17-7-12(4-5-16(17)31-21(28)18-3-2-6-32-18)10-25-26-19(27)11-30-20-14(23)8-13(22)9-15(20)24/h2-10H,11H2,1H3,(H,26,27)/b25-10-. The Morgan fingerprint density at radius 3 is 2.50 bits per heavy atom. The molecule has 0 fully saturated rings. The number of esters is 1. The van der Waals surface area contributed by atoms with E-state index in [0.29, 0.717) is 30.9 Å². The number of ether oxygens (including phenoxy) is 3. The van der Waals surface area contributed by atoms with Crippen molar-refractivity contribution in [3.05, 3.63) is 71.7 Å². The van der Waals surface area contributed by atoms with E-state index in [-0.39, 0.29) is 12.4 Å². The van der Waals surface area contributed by atoms with E-state index in [9.17, 15) is 9.59 Å². The lowest BCUT2D eigenvalue weighted by Gasteiger charge is -2.10. The Labute approximate surface area is 213 Å². The lowest BCUT2D eigenvalue weighted by Crippen LogP contribution is -2.24. The summed E-state index contributed by atoms with van der Waals surface area (Å²) in [6, 6.07) is 12.0. The third-order valence-electron chi connectivity index (χ3n) is 3.83. The molecule has 1 amide bonds. The molecule has 1 heterocycles. The van der Waals surface area contributed by atoms with Gasteiger partial charge in [-0.05, 0) is 79.2 Å². The molecule has 2 aromatic carbocycles. The molecule has 0 radical (unpaired) electrons. The Bertz CT molecular complexity index is 1130. The zero-order valence-electron chi connectivity index (χ0n) is 16.4. The van der Waals surface area contributed by atoms with Crippen LogP contribution in [-0.4, -0.2) is 31.8 Å². The summed E-state index contributed by atoms with van der Waals surface area (Å²) in [4.78, 5) is 24.7. The summed E-state index contributed by atoms with van der Waals surface area (Å²) < 4.78 is 18.5. The molecule has 0 bridgehead atoms. The molecule has 7 nitrogen and oxygen atoms in total. The predicted octanol–water partition coefficient (Wildman–Crippen LogP) is 5.79. The maximum atomic E-state index is 12.1. The number of carbonyl (C=O) groups is 2. The smallest absolute Gasteiger partial charge is 0.353 e. The van der Waals surface area contributed by atoms with Gasteiger partial charge in [-0.2, -0.15) is 5.10 Å². The van der Waals surface area contributed by atoms with E-state index in [4.69, 9.17) is 14.2 Å². The van der Waals surface area contributed by atoms with Crippen molar-refractivity contribution < 1.29 is 23.8 Å². The molecule has 0 aliphatic heterocycles. The highest BCUT2D eigenvalue weighted by Crippen LogP contribution is 2.36. The molecule has 3 aromatic rings. The molecule has 0 aliphatic rings. The average Bonchev–Trinajstić information content (AvgIpc) is 3.29. The second-order valence-electron chi connectivity index (χ2n) is 6.06. The number of methoxy groups -OCH3 is 1. The fraction of sp³-hybridized carbons (Fsp3) is 0.0952. The van der Waals surface area contributed by atoms with Crippen LogP contribution in [0.5, 0.6) is 17.2 Å². The molecule has 32 heavy (non-hydrogen) atoms. The molecule has 166 valence electrons. The van der Waals surface area contributed by atoms with E-state index in [1.165, 1.54) is 24.7 Å². The number of hydrogen-bond acceptors (Lipinski definition) is 7. The van der Waals surface area contributed by atoms with Crippen molar-refractivity contribution in [2.45, 2.75) is 0 Å². The fourth-order valence-electron chi connectivity index (χ4n) is 2.41. The highest BCUT2D eigenvalue weighted by atomic mass is 79.9. The van der Waals surface area contributed by atoms with Gasteiger partial charge >= 0.3 is 5.97 Å². The molecule has 0 aliphatic carbocycles. The Morgan fingerprint density at radius 2 is 1.84 bits per heavy atom. The van der Waals surface area contributed by atoms with Crippen LogP contribution in [0.15, 0.2) is 66.4 Å². The quantitative estimate of drug-likeness (QED) is 0.145. The first-order valence-electron chi connectivity index (χ1n) is 8.90. The van der Waals surface area contributed by atoms with E-state index >= 15 is 0 Å². The van der Waals surface area contributed by atoms with Crippen molar-refractivity contribution in [1.29, 1.82) is 0 Å². The minimum absolute atomic E-state index is 0.225. The molecule has 1 aromatic heterocycles. The normalized spacial score (nSPS) is 10.8. The predicted molar refractivity (Wildman–Crippen MR) is 133 cm³/mol. The Balaban J connectivity index is 1.57. The number of carbonyl (C=O) groups excluding carboxylic acids is 2. The van der Waals surface area contributed by atoms with Crippen molar-refractivity contribution >= 4 is 77.2 Å². The largest absolute Gasteiger partial charge is 0.493 e. The van der Waals surface area contributed by atoms with Crippen LogP contribution in [0.4, 0.5) is 0 Å². The van der Waals surface area contributed by atoms with Gasteiger partial charge < -0.3 is 14.2 Å². The van der Waals surface area contributed by atoms with Crippen molar-refractivity contribution in [2.24, 2.45) is 5.10 Å². The zero-order valence-corrected chi connectivity index (χ0v) is 22.0. The number of benzene rings is 2. The molecule has 0 atom stereocenters. The number of nitrogens with one attached hydrogen (secondary N) is 1. The third kappa shape index (κ3) is 6.64. The zero-order chi connectivity index (χ0) is 23.1. The monoisotopic (exact) mass is 644 g/mol. The van der Waals surface area contributed by atoms with Gasteiger partial charge in [0.1, 0.15) is 10.6 Å². The summed E-state index contributed by atoms with van der Waals surface area (Å²) in [5.41, 5.74) is 3.03. The second kappa shape index (κ2) is 11.6. The van der Waals surface area contributed by atoms with Gasteiger partial charge in [0.05, 0.1) is 22.3 Å². The van der Waals surface area contributed by atoms with E-state index in [2.05, 4.69) is 58.3 Å². The molecule has 11 heteroatoms. The minimum Gasteiger partial charge on any atom is -0.493 e. The molecular weight excluding hydrogens is 632 g/mol. The van der Waals surface area contributed by atoms with Crippen molar-refractivity contribution in [3.8, 4) is 17.2 Å². The van der Waals surface area contributed by atoms with Gasteiger partial charge in [0.25, 0.3) is 5.91 Å². The SMILES string of the molecule is COc1cc(/C=N\NC(=O)COc2c(Br)cc(Br)cc2Br)ccc1OC(=O)c1cccs1. The van der Waals surface area contributed by atoms with Gasteiger partial charge in [-0.3, -0.25) is 4.79 Å². The van der Waals surface area contributed by atoms with Crippen LogP contribution in [-0.2, 0) is 4.79 Å². The average molecular weight is 647 g/mol. The maximum Gasteiger partial charge on any atom is 0.353 e. The number of hydrogen-bond donors (Lipinski definition) is 1. The molecule has 0 saturated heterocycles. The molecule has 1 N–H and O–H groups in total. The number of rotatable bonds is 8. The summed E-state index contributed by atoms with van der Waals surface area (Å²) in [6.45, 7) is -0.225. The maximum absolute atomic E-state index is 12.1. The molecule has 3 rings (SSSR count). The van der Waals surface area contributed by atoms with Gasteiger partial charge in [-0.15, -0.1) is 11.3 Å². The fourth-order valence-corrected chi connectivity index (χ4v) is 5.50. The van der Waals surface area contributed by atoms with E-state index < -0.39 is 11.9 Å². The first-order valence-corrected chi connectivity index (χ1v) is 12.2. The van der Waals surface area contributed by atoms with E-state index in [1.807, 2.05) is 12.1 Å². The van der Waals surface area contributed by atoms with Gasteiger partial charge in [-0.1, -0.05) is 22.0 Å². The van der Waals surface area contributed by atoms with Crippen LogP contribution >= 0.6 is 59.1 Å².